The van der Waals surface area contributed by atoms with Crippen LogP contribution in [0.25, 0.3) is 0 Å². The molecule has 0 bridgehead atoms. The van der Waals surface area contributed by atoms with E-state index in [9.17, 15) is 8.42 Å². The quantitative estimate of drug-likeness (QED) is 0.816. The van der Waals surface area contributed by atoms with E-state index in [0.717, 1.165) is 0 Å². The number of hydrogen-bond acceptors (Lipinski definition) is 4. The van der Waals surface area contributed by atoms with Crippen LogP contribution >= 0.6 is 11.6 Å². The van der Waals surface area contributed by atoms with E-state index in [4.69, 9.17) is 16.9 Å². The molecule has 0 amide bonds. The summed E-state index contributed by atoms with van der Waals surface area (Å²) in [6.45, 7) is 2.14. The van der Waals surface area contributed by atoms with Crippen LogP contribution in [0.15, 0.2) is 18.2 Å². The van der Waals surface area contributed by atoms with Gasteiger partial charge >= 0.3 is 0 Å². The first kappa shape index (κ1) is 14.8. The highest BCUT2D eigenvalue weighted by Crippen LogP contribution is 2.22. The highest BCUT2D eigenvalue weighted by Gasteiger charge is 2.07. The Bertz CT molecular complexity index is 550. The third-order valence-corrected chi connectivity index (χ3v) is 4.60. The predicted molar refractivity (Wildman–Crippen MR) is 73.6 cm³/mol. The first-order valence-electron chi connectivity index (χ1n) is 5.62. The van der Waals surface area contributed by atoms with E-state index in [1.807, 2.05) is 6.07 Å². The van der Waals surface area contributed by atoms with Gasteiger partial charge in [-0.1, -0.05) is 18.5 Å². The minimum absolute atomic E-state index is 0.159. The van der Waals surface area contributed by atoms with E-state index >= 15 is 0 Å². The lowest BCUT2D eigenvalue weighted by Gasteiger charge is -2.08. The number of sulfone groups is 1. The van der Waals surface area contributed by atoms with E-state index in [0.29, 0.717) is 29.2 Å². The van der Waals surface area contributed by atoms with Crippen molar-refractivity contribution in [1.82, 2.24) is 0 Å². The Hall–Kier alpha value is -1.25. The minimum Gasteiger partial charge on any atom is -0.384 e. The molecule has 1 aromatic carbocycles. The summed E-state index contributed by atoms with van der Waals surface area (Å²) in [6.07, 6.45) is 0.517. The molecule has 0 aliphatic heterocycles. The summed E-state index contributed by atoms with van der Waals surface area (Å²) in [4.78, 5) is 0. The minimum atomic E-state index is -2.92. The summed E-state index contributed by atoms with van der Waals surface area (Å²) in [5, 5.41) is 12.3. The molecule has 0 aromatic heterocycles. The van der Waals surface area contributed by atoms with E-state index in [1.165, 1.54) is 0 Å². The van der Waals surface area contributed by atoms with E-state index in [-0.39, 0.29) is 11.5 Å². The largest absolute Gasteiger partial charge is 0.384 e. The lowest BCUT2D eigenvalue weighted by molar-refractivity contribution is 0.595. The van der Waals surface area contributed by atoms with Crippen LogP contribution < -0.4 is 5.32 Å². The molecule has 0 aliphatic rings. The van der Waals surface area contributed by atoms with Crippen molar-refractivity contribution in [2.75, 3.05) is 23.4 Å². The van der Waals surface area contributed by atoms with Crippen LogP contribution in [0.3, 0.4) is 0 Å². The SMILES string of the molecule is CCS(=O)(=O)CCCNc1cc(C#N)ccc1Cl. The first-order chi connectivity index (χ1) is 8.48. The molecule has 0 radical (unpaired) electrons. The zero-order chi connectivity index (χ0) is 13.6. The van der Waals surface area contributed by atoms with Gasteiger partial charge < -0.3 is 5.32 Å². The maximum absolute atomic E-state index is 11.3. The van der Waals surface area contributed by atoms with Gasteiger partial charge in [-0.15, -0.1) is 0 Å². The van der Waals surface area contributed by atoms with Crippen LogP contribution in [-0.2, 0) is 9.84 Å². The second-order valence-electron chi connectivity index (χ2n) is 3.82. The average Bonchev–Trinajstić information content (AvgIpc) is 2.36. The molecule has 18 heavy (non-hydrogen) atoms. The number of nitrogens with zero attached hydrogens (tertiary/aromatic N) is 1. The second kappa shape index (κ2) is 6.62. The molecule has 98 valence electrons. The molecule has 0 spiro atoms. The van der Waals surface area contributed by atoms with Crippen molar-refractivity contribution < 1.29 is 8.42 Å². The van der Waals surface area contributed by atoms with Crippen molar-refractivity contribution in [3.05, 3.63) is 28.8 Å². The van der Waals surface area contributed by atoms with Gasteiger partial charge in [-0.2, -0.15) is 5.26 Å². The van der Waals surface area contributed by atoms with Crippen molar-refractivity contribution in [2.45, 2.75) is 13.3 Å². The lowest BCUT2D eigenvalue weighted by atomic mass is 10.2. The molecule has 6 heteroatoms. The summed E-state index contributed by atoms with van der Waals surface area (Å²) in [5.74, 6) is 0.323. The molecule has 4 nitrogen and oxygen atoms in total. The zero-order valence-electron chi connectivity index (χ0n) is 10.1. The van der Waals surface area contributed by atoms with E-state index < -0.39 is 9.84 Å². The summed E-state index contributed by atoms with van der Waals surface area (Å²) >= 11 is 5.96. The number of nitriles is 1. The van der Waals surface area contributed by atoms with Crippen molar-refractivity contribution in [1.29, 1.82) is 5.26 Å². The van der Waals surface area contributed by atoms with Crippen LogP contribution in [0.4, 0.5) is 5.69 Å². The van der Waals surface area contributed by atoms with Gasteiger partial charge in [-0.3, -0.25) is 0 Å². The topological polar surface area (TPSA) is 70.0 Å². The summed E-state index contributed by atoms with van der Waals surface area (Å²) in [6, 6.07) is 6.95. The summed E-state index contributed by atoms with van der Waals surface area (Å²) in [7, 11) is -2.92. The maximum Gasteiger partial charge on any atom is 0.150 e. The molecule has 0 unspecified atom stereocenters. The molecule has 0 heterocycles. The zero-order valence-corrected chi connectivity index (χ0v) is 11.7. The van der Waals surface area contributed by atoms with Gasteiger partial charge in [0.25, 0.3) is 0 Å². The summed E-state index contributed by atoms with van der Waals surface area (Å²) in [5.41, 5.74) is 1.17. The number of hydrogen-bond donors (Lipinski definition) is 1. The van der Waals surface area contributed by atoms with Gasteiger partial charge in [0.2, 0.25) is 0 Å². The monoisotopic (exact) mass is 286 g/mol. The first-order valence-corrected chi connectivity index (χ1v) is 7.82. The number of halogens is 1. The van der Waals surface area contributed by atoms with Crippen LogP contribution in [0, 0.1) is 11.3 Å². The molecule has 1 N–H and O–H groups in total. The Kier molecular flexibility index (Phi) is 5.45. The predicted octanol–water partition coefficient (Wildman–Crippen LogP) is 2.45. The fraction of sp³-hybridized carbons (Fsp3) is 0.417. The van der Waals surface area contributed by atoms with Crippen molar-refractivity contribution in [3.8, 4) is 6.07 Å². The molecule has 1 aromatic rings. The molecule has 0 saturated heterocycles. The Morgan fingerprint density at radius 2 is 2.17 bits per heavy atom. The van der Waals surface area contributed by atoms with Crippen LogP contribution in [0.2, 0.25) is 5.02 Å². The van der Waals surface area contributed by atoms with Crippen LogP contribution in [0.5, 0.6) is 0 Å². The maximum atomic E-state index is 11.3. The molecule has 0 atom stereocenters. The Labute approximate surface area is 112 Å². The van der Waals surface area contributed by atoms with Crippen LogP contribution in [-0.4, -0.2) is 26.5 Å². The number of anilines is 1. The number of nitrogens with one attached hydrogen (secondary N) is 1. The molecule has 0 fully saturated rings. The summed E-state index contributed by atoms with van der Waals surface area (Å²) < 4.78 is 22.6. The number of rotatable bonds is 6. The van der Waals surface area contributed by atoms with E-state index in [2.05, 4.69) is 5.32 Å². The Balaban J connectivity index is 2.52. The third-order valence-electron chi connectivity index (χ3n) is 2.48. The van der Waals surface area contributed by atoms with Crippen LogP contribution in [0.1, 0.15) is 18.9 Å². The van der Waals surface area contributed by atoms with Gasteiger partial charge in [0.15, 0.2) is 0 Å². The lowest BCUT2D eigenvalue weighted by Crippen LogP contribution is -2.13. The third kappa shape index (κ3) is 4.55. The van der Waals surface area contributed by atoms with Crippen molar-refractivity contribution >= 4 is 27.1 Å². The number of benzene rings is 1. The van der Waals surface area contributed by atoms with Gasteiger partial charge in [-0.05, 0) is 24.6 Å². The molecular weight excluding hydrogens is 272 g/mol. The molecule has 0 saturated carbocycles. The smallest absolute Gasteiger partial charge is 0.150 e. The van der Waals surface area contributed by atoms with Gasteiger partial charge in [0.05, 0.1) is 28.1 Å². The van der Waals surface area contributed by atoms with Crippen molar-refractivity contribution in [2.24, 2.45) is 0 Å². The molecular formula is C12H15ClN2O2S. The average molecular weight is 287 g/mol. The highest BCUT2D eigenvalue weighted by atomic mass is 35.5. The molecule has 0 aliphatic carbocycles. The second-order valence-corrected chi connectivity index (χ2v) is 6.70. The normalized spacial score (nSPS) is 10.9. The van der Waals surface area contributed by atoms with Gasteiger partial charge in [-0.25, -0.2) is 8.42 Å². The Morgan fingerprint density at radius 1 is 1.44 bits per heavy atom. The van der Waals surface area contributed by atoms with Crippen molar-refractivity contribution in [3.63, 3.8) is 0 Å². The van der Waals surface area contributed by atoms with E-state index in [1.54, 1.807) is 25.1 Å². The molecule has 1 rings (SSSR count). The van der Waals surface area contributed by atoms with Gasteiger partial charge in [0.1, 0.15) is 9.84 Å². The standard InChI is InChI=1S/C12H15ClN2O2S/c1-2-18(16,17)7-3-6-15-12-8-10(9-14)4-5-11(12)13/h4-5,8,15H,2-3,6-7H2,1H3. The highest BCUT2D eigenvalue weighted by molar-refractivity contribution is 7.91. The fourth-order valence-electron chi connectivity index (χ4n) is 1.39. The van der Waals surface area contributed by atoms with Gasteiger partial charge in [0, 0.05) is 12.3 Å². The Morgan fingerprint density at radius 3 is 2.78 bits per heavy atom. The fourth-order valence-corrected chi connectivity index (χ4v) is 2.45.